The van der Waals surface area contributed by atoms with Crippen LogP contribution in [0.4, 0.5) is 5.69 Å². The molecule has 2 fully saturated rings. The second-order valence-corrected chi connectivity index (χ2v) is 19.3. The van der Waals surface area contributed by atoms with Gasteiger partial charge >= 0.3 is 0 Å². The van der Waals surface area contributed by atoms with Crippen LogP contribution in [0.2, 0.25) is 0 Å². The number of likely N-dealkylation sites (N-methyl/N-ethyl adjacent to an activating group) is 1. The predicted octanol–water partition coefficient (Wildman–Crippen LogP) is 7.70. The average molecular weight is 1050 g/mol. The van der Waals surface area contributed by atoms with Crippen molar-refractivity contribution >= 4 is 65.6 Å². The summed E-state index contributed by atoms with van der Waals surface area (Å²) < 4.78 is 8.77. The van der Waals surface area contributed by atoms with Crippen molar-refractivity contribution in [2.24, 2.45) is 11.3 Å². The Balaban J connectivity index is 0.000000854. The molecule has 0 spiro atoms. The molecule has 15 heteroatoms. The number of anilines is 1. The Bertz CT molecular complexity index is 1820. The predicted molar refractivity (Wildman–Crippen MR) is 283 cm³/mol. The lowest BCUT2D eigenvalue weighted by atomic mass is 9.73. The number of amides is 2. The van der Waals surface area contributed by atoms with Gasteiger partial charge in [0.15, 0.2) is 0 Å². The molecular formula is C51H82IN7O6S. The second kappa shape index (κ2) is 34.8. The number of halogens is 1. The SMILES string of the molecule is CCCCn1ccc(C)n1.CCCN(C=O)CC1(C2CC2)CCN(CCc2cccc(CCOCCC(=O)N(C)CCNCCc3ccc(O)c(NC)c3/C=C\C=O)c2)CC1.CO.SCI. The molecule has 1 aromatic heterocycles. The Hall–Kier alpha value is -3.48. The Kier molecular flexibility index (Phi) is 30.9. The van der Waals surface area contributed by atoms with E-state index in [-0.39, 0.29) is 11.7 Å². The van der Waals surface area contributed by atoms with Gasteiger partial charge in [-0.1, -0.05) is 73.2 Å². The van der Waals surface area contributed by atoms with Gasteiger partial charge in [0.05, 0.1) is 31.0 Å². The van der Waals surface area contributed by atoms with E-state index in [2.05, 4.69) is 94.0 Å². The zero-order valence-electron chi connectivity index (χ0n) is 40.9. The molecule has 13 nitrogen and oxygen atoms in total. The van der Waals surface area contributed by atoms with Crippen molar-refractivity contribution in [2.75, 3.05) is 95.9 Å². The maximum atomic E-state index is 12.6. The highest BCUT2D eigenvalue weighted by atomic mass is 127. The number of piperidine rings is 1. The van der Waals surface area contributed by atoms with Crippen molar-refractivity contribution in [1.82, 2.24) is 29.8 Å². The maximum Gasteiger partial charge on any atom is 0.224 e. The second-order valence-electron chi connectivity index (χ2n) is 17.0. The van der Waals surface area contributed by atoms with Crippen LogP contribution in [0.1, 0.15) is 93.2 Å². The van der Waals surface area contributed by atoms with E-state index in [1.807, 2.05) is 41.9 Å². The van der Waals surface area contributed by atoms with Gasteiger partial charge in [0, 0.05) is 76.0 Å². The topological polar surface area (TPSA) is 152 Å². The number of nitrogens with one attached hydrogen (secondary N) is 2. The fourth-order valence-corrected chi connectivity index (χ4v) is 8.43. The first-order valence-electron chi connectivity index (χ1n) is 23.8. The molecule has 0 unspecified atom stereocenters. The molecule has 5 rings (SSSR count). The van der Waals surface area contributed by atoms with E-state index >= 15 is 0 Å². The highest BCUT2D eigenvalue weighted by Gasteiger charge is 2.47. The number of aromatic hydroxyl groups is 1. The summed E-state index contributed by atoms with van der Waals surface area (Å²) in [5, 5.41) is 27.8. The Morgan fingerprint density at radius 1 is 1.00 bits per heavy atom. The van der Waals surface area contributed by atoms with E-state index in [0.29, 0.717) is 56.8 Å². The average Bonchev–Trinajstić information content (AvgIpc) is 4.12. The Morgan fingerprint density at radius 3 is 2.32 bits per heavy atom. The minimum absolute atomic E-state index is 0.0615. The number of carbonyl (C=O) groups excluding carboxylic acids is 3. The summed E-state index contributed by atoms with van der Waals surface area (Å²) in [5.41, 5.74) is 6.45. The molecule has 1 aliphatic carbocycles. The monoisotopic (exact) mass is 1050 g/mol. The number of hydrogen-bond acceptors (Lipinski definition) is 11. The van der Waals surface area contributed by atoms with Crippen molar-refractivity contribution < 1.29 is 29.3 Å². The quantitative estimate of drug-likeness (QED) is 0.00978. The first kappa shape index (κ1) is 58.6. The van der Waals surface area contributed by atoms with Crippen molar-refractivity contribution in [1.29, 1.82) is 0 Å². The first-order valence-corrected chi connectivity index (χ1v) is 26.0. The molecular weight excluding hydrogens is 966 g/mol. The summed E-state index contributed by atoms with van der Waals surface area (Å²) in [6.07, 6.45) is 18.4. The zero-order valence-corrected chi connectivity index (χ0v) is 43.9. The molecule has 66 heavy (non-hydrogen) atoms. The molecule has 1 saturated heterocycles. The van der Waals surface area contributed by atoms with Crippen LogP contribution in [0.3, 0.4) is 0 Å². The normalized spacial score (nSPS) is 14.2. The number of benzene rings is 2. The smallest absolute Gasteiger partial charge is 0.224 e. The number of nitrogens with zero attached hydrogens (tertiary/aromatic N) is 5. The van der Waals surface area contributed by atoms with E-state index < -0.39 is 0 Å². The molecule has 3 aromatic rings. The third-order valence-electron chi connectivity index (χ3n) is 12.2. The summed E-state index contributed by atoms with van der Waals surface area (Å²) in [6, 6.07) is 14.4. The van der Waals surface area contributed by atoms with Crippen molar-refractivity contribution in [3.05, 3.63) is 82.7 Å². The number of unbranched alkanes of at least 4 members (excludes halogenated alkanes) is 1. The third-order valence-corrected chi connectivity index (χ3v) is 12.2. The molecule has 2 aromatic carbocycles. The zero-order chi connectivity index (χ0) is 48.6. The van der Waals surface area contributed by atoms with Gasteiger partial charge in [-0.2, -0.15) is 17.7 Å². The van der Waals surface area contributed by atoms with Crippen LogP contribution in [-0.2, 0) is 44.9 Å². The van der Waals surface area contributed by atoms with Gasteiger partial charge in [-0.05, 0) is 137 Å². The van der Waals surface area contributed by atoms with Crippen LogP contribution >= 0.6 is 35.2 Å². The minimum Gasteiger partial charge on any atom is -0.506 e. The van der Waals surface area contributed by atoms with Crippen molar-refractivity contribution in [3.63, 3.8) is 0 Å². The molecule has 2 aliphatic rings. The number of thiol groups is 1. The van der Waals surface area contributed by atoms with Crippen LogP contribution < -0.4 is 10.6 Å². The van der Waals surface area contributed by atoms with Crippen LogP contribution in [-0.4, -0.2) is 144 Å². The molecule has 4 N–H and O–H groups in total. The third kappa shape index (κ3) is 22.1. The van der Waals surface area contributed by atoms with Crippen LogP contribution in [0.5, 0.6) is 5.75 Å². The molecule has 2 amide bonds. The number of likely N-dealkylation sites (tertiary alicyclic amines) is 1. The maximum absolute atomic E-state index is 12.6. The summed E-state index contributed by atoms with van der Waals surface area (Å²) in [4.78, 5) is 41.5. The molecule has 370 valence electrons. The molecule has 2 heterocycles. The number of aliphatic hydroxyl groups is 1. The number of aromatic nitrogens is 2. The lowest BCUT2D eigenvalue weighted by Gasteiger charge is -2.44. The summed E-state index contributed by atoms with van der Waals surface area (Å²) in [6.45, 7) is 15.5. The van der Waals surface area contributed by atoms with E-state index in [1.165, 1.54) is 55.7 Å². The number of ether oxygens (including phenoxy) is 1. The van der Waals surface area contributed by atoms with Gasteiger partial charge < -0.3 is 40.3 Å². The number of carbonyl (C=O) groups is 3. The lowest BCUT2D eigenvalue weighted by Crippen LogP contribution is -2.47. The number of phenols is 1. The van der Waals surface area contributed by atoms with E-state index in [1.54, 1.807) is 24.1 Å². The Morgan fingerprint density at radius 2 is 1.71 bits per heavy atom. The fraction of sp³-hybridized carbons (Fsp3) is 0.608. The number of rotatable bonds is 27. The number of alkyl halides is 1. The van der Waals surface area contributed by atoms with Gasteiger partial charge in [0.2, 0.25) is 12.3 Å². The van der Waals surface area contributed by atoms with E-state index in [9.17, 15) is 19.5 Å². The van der Waals surface area contributed by atoms with Crippen LogP contribution in [0, 0.1) is 18.3 Å². The molecule has 0 atom stereocenters. The number of aldehydes is 1. The fourth-order valence-electron chi connectivity index (χ4n) is 8.43. The standard InChI is InChI=1S/C41H61N5O5.C8H14N2.CH3IS.CH4O/c1-4-22-46(32-48)31-41(36-11-12-36)18-24-45(25-19-41)23-15-33-7-5-8-34(30-33)16-28-51-29-17-39(50)44(3)26-21-43-20-14-35-10-13-38(49)40(42-2)37(35)9-6-27-47;1-3-4-6-10-7-5-8(2)9-10;2-1-3;1-2/h5-10,13,27,30,32,36,42-43,49H,4,11-12,14-26,28-29,31H2,1-3H3;5,7H,3-4,6H2,1-2H3;3H,1H2;2H,1H3/b9-6-;;;. The minimum atomic E-state index is 0.0615. The molecule has 0 radical (unpaired) electrons. The van der Waals surface area contributed by atoms with Gasteiger partial charge in [0.25, 0.3) is 0 Å². The summed E-state index contributed by atoms with van der Waals surface area (Å²) in [5.74, 6) is 1.00. The lowest BCUT2D eigenvalue weighted by molar-refractivity contribution is -0.131. The number of aryl methyl sites for hydroxylation is 2. The molecule has 1 aliphatic heterocycles. The van der Waals surface area contributed by atoms with Crippen LogP contribution in [0.25, 0.3) is 6.08 Å². The van der Waals surface area contributed by atoms with E-state index in [4.69, 9.17) is 9.84 Å². The van der Waals surface area contributed by atoms with Crippen molar-refractivity contribution in [2.45, 2.75) is 97.9 Å². The highest BCUT2D eigenvalue weighted by Crippen LogP contribution is 2.52. The molecule has 0 bridgehead atoms. The van der Waals surface area contributed by atoms with Gasteiger partial charge in [-0.3, -0.25) is 19.1 Å². The summed E-state index contributed by atoms with van der Waals surface area (Å²) >= 11 is 5.93. The largest absolute Gasteiger partial charge is 0.506 e. The summed E-state index contributed by atoms with van der Waals surface area (Å²) in [7, 11) is 4.56. The number of phenolic OH excluding ortho intramolecular Hbond substituents is 1. The number of allylic oxidation sites excluding steroid dienone is 1. The van der Waals surface area contributed by atoms with E-state index in [0.717, 1.165) is 105 Å². The van der Waals surface area contributed by atoms with Crippen LogP contribution in [0.15, 0.2) is 54.7 Å². The number of hydrogen-bond donors (Lipinski definition) is 5. The van der Waals surface area contributed by atoms with Crippen molar-refractivity contribution in [3.8, 4) is 5.75 Å². The van der Waals surface area contributed by atoms with Gasteiger partial charge in [-0.15, -0.1) is 0 Å². The van der Waals surface area contributed by atoms with Gasteiger partial charge in [-0.25, -0.2) is 0 Å². The Labute approximate surface area is 416 Å². The highest BCUT2D eigenvalue weighted by molar-refractivity contribution is 14.1. The first-order chi connectivity index (χ1) is 32.1. The van der Waals surface area contributed by atoms with Gasteiger partial charge in [0.1, 0.15) is 12.0 Å². The number of aliphatic hydroxyl groups excluding tert-OH is 1. The molecule has 1 saturated carbocycles.